The minimum atomic E-state index is -0.705. The molecule has 0 radical (unpaired) electrons. The van der Waals surface area contributed by atoms with Gasteiger partial charge in [0.05, 0.1) is 22.0 Å². The SMILES string of the molecule is COCC(C)Oc1ccc(NC(=O)C2(c3ccc([N+](=O)[O-])cc3)CCCC2)cc1Cl. The normalized spacial score (nSPS) is 16.1. The molecule has 0 heterocycles. The Morgan fingerprint density at radius 1 is 1.23 bits per heavy atom. The number of anilines is 1. The predicted molar refractivity (Wildman–Crippen MR) is 115 cm³/mol. The van der Waals surface area contributed by atoms with Crippen molar-refractivity contribution in [2.24, 2.45) is 0 Å². The van der Waals surface area contributed by atoms with E-state index in [0.717, 1.165) is 18.4 Å². The molecule has 160 valence electrons. The van der Waals surface area contributed by atoms with Crippen LogP contribution in [0.25, 0.3) is 0 Å². The molecule has 1 saturated carbocycles. The van der Waals surface area contributed by atoms with Gasteiger partial charge in [-0.1, -0.05) is 36.6 Å². The van der Waals surface area contributed by atoms with Crippen LogP contribution in [0.15, 0.2) is 42.5 Å². The quantitative estimate of drug-likeness (QED) is 0.462. The minimum Gasteiger partial charge on any atom is -0.487 e. The lowest BCUT2D eigenvalue weighted by atomic mass is 9.78. The highest BCUT2D eigenvalue weighted by molar-refractivity contribution is 6.32. The monoisotopic (exact) mass is 432 g/mol. The molecule has 1 unspecified atom stereocenters. The van der Waals surface area contributed by atoms with Crippen LogP contribution < -0.4 is 10.1 Å². The fourth-order valence-electron chi connectivity index (χ4n) is 3.94. The molecule has 0 saturated heterocycles. The van der Waals surface area contributed by atoms with Crippen LogP contribution >= 0.6 is 11.6 Å². The number of rotatable bonds is 8. The summed E-state index contributed by atoms with van der Waals surface area (Å²) in [6.07, 6.45) is 3.09. The Labute approximate surface area is 180 Å². The van der Waals surface area contributed by atoms with E-state index in [-0.39, 0.29) is 17.7 Å². The lowest BCUT2D eigenvalue weighted by Gasteiger charge is -2.28. The van der Waals surface area contributed by atoms with Gasteiger partial charge in [0.1, 0.15) is 11.9 Å². The van der Waals surface area contributed by atoms with Crippen LogP contribution in [-0.4, -0.2) is 30.7 Å². The molecule has 0 aliphatic heterocycles. The molecular formula is C22H25ClN2O5. The maximum Gasteiger partial charge on any atom is 0.269 e. The van der Waals surface area contributed by atoms with Gasteiger partial charge in [-0.2, -0.15) is 0 Å². The molecule has 8 heteroatoms. The zero-order valence-electron chi connectivity index (χ0n) is 17.0. The molecule has 0 spiro atoms. The molecular weight excluding hydrogens is 408 g/mol. The molecule has 2 aromatic rings. The highest BCUT2D eigenvalue weighted by atomic mass is 35.5. The first-order chi connectivity index (χ1) is 14.4. The van der Waals surface area contributed by atoms with Crippen molar-refractivity contribution in [1.29, 1.82) is 0 Å². The van der Waals surface area contributed by atoms with E-state index < -0.39 is 10.3 Å². The van der Waals surface area contributed by atoms with Crippen LogP contribution in [0, 0.1) is 10.1 Å². The highest BCUT2D eigenvalue weighted by Gasteiger charge is 2.42. The van der Waals surface area contributed by atoms with Crippen LogP contribution in [0.2, 0.25) is 5.02 Å². The van der Waals surface area contributed by atoms with Gasteiger partial charge in [0, 0.05) is 24.9 Å². The molecule has 1 amide bonds. The van der Waals surface area contributed by atoms with E-state index in [0.29, 0.717) is 35.9 Å². The fourth-order valence-corrected chi connectivity index (χ4v) is 4.16. The van der Waals surface area contributed by atoms with Crippen molar-refractivity contribution in [2.75, 3.05) is 19.0 Å². The van der Waals surface area contributed by atoms with Crippen LogP contribution in [0.1, 0.15) is 38.2 Å². The Morgan fingerprint density at radius 3 is 2.47 bits per heavy atom. The number of nitrogens with zero attached hydrogens (tertiary/aromatic N) is 1. The van der Waals surface area contributed by atoms with Crippen molar-refractivity contribution in [2.45, 2.75) is 44.1 Å². The molecule has 1 fully saturated rings. The van der Waals surface area contributed by atoms with E-state index in [9.17, 15) is 14.9 Å². The van der Waals surface area contributed by atoms with E-state index >= 15 is 0 Å². The summed E-state index contributed by atoms with van der Waals surface area (Å²) in [5.74, 6) is 0.386. The number of non-ortho nitro benzene ring substituents is 1. The van der Waals surface area contributed by atoms with Crippen molar-refractivity contribution < 1.29 is 19.2 Å². The second-order valence-electron chi connectivity index (χ2n) is 7.58. The average molecular weight is 433 g/mol. The summed E-state index contributed by atoms with van der Waals surface area (Å²) in [7, 11) is 1.60. The summed E-state index contributed by atoms with van der Waals surface area (Å²) in [6, 6.07) is 11.4. The number of hydrogen-bond donors (Lipinski definition) is 1. The van der Waals surface area contributed by atoms with Crippen LogP contribution in [0.5, 0.6) is 5.75 Å². The third-order valence-corrected chi connectivity index (χ3v) is 5.74. The third-order valence-electron chi connectivity index (χ3n) is 5.44. The summed E-state index contributed by atoms with van der Waals surface area (Å²) in [6.45, 7) is 2.32. The number of carbonyl (C=O) groups is 1. The Morgan fingerprint density at radius 2 is 1.90 bits per heavy atom. The molecule has 1 atom stereocenters. The van der Waals surface area contributed by atoms with Gasteiger partial charge in [-0.3, -0.25) is 14.9 Å². The molecule has 7 nitrogen and oxygen atoms in total. The first-order valence-electron chi connectivity index (χ1n) is 9.87. The van der Waals surface area contributed by atoms with Crippen molar-refractivity contribution in [3.8, 4) is 5.75 Å². The van der Waals surface area contributed by atoms with Crippen molar-refractivity contribution >= 4 is 28.9 Å². The number of halogens is 1. The summed E-state index contributed by atoms with van der Waals surface area (Å²) < 4.78 is 10.8. The number of nitro groups is 1. The fraction of sp³-hybridized carbons (Fsp3) is 0.409. The van der Waals surface area contributed by atoms with Gasteiger partial charge in [-0.15, -0.1) is 0 Å². The summed E-state index contributed by atoms with van der Waals surface area (Å²) in [4.78, 5) is 23.8. The zero-order valence-corrected chi connectivity index (χ0v) is 17.8. The molecule has 3 rings (SSSR count). The lowest BCUT2D eigenvalue weighted by Crippen LogP contribution is -2.38. The van der Waals surface area contributed by atoms with E-state index in [1.165, 1.54) is 12.1 Å². The van der Waals surface area contributed by atoms with Gasteiger partial charge in [-0.05, 0) is 43.5 Å². The second kappa shape index (κ2) is 9.45. The van der Waals surface area contributed by atoms with Crippen molar-refractivity contribution in [3.63, 3.8) is 0 Å². The molecule has 1 aliphatic carbocycles. The number of amides is 1. The minimum absolute atomic E-state index is 0.0115. The Balaban J connectivity index is 1.78. The smallest absolute Gasteiger partial charge is 0.269 e. The summed E-state index contributed by atoms with van der Waals surface area (Å²) in [5.41, 5.74) is 0.675. The topological polar surface area (TPSA) is 90.7 Å². The largest absolute Gasteiger partial charge is 0.487 e. The van der Waals surface area contributed by atoms with E-state index in [2.05, 4.69) is 5.32 Å². The van der Waals surface area contributed by atoms with Crippen LogP contribution in [-0.2, 0) is 14.9 Å². The van der Waals surface area contributed by atoms with E-state index in [1.807, 2.05) is 6.92 Å². The Kier molecular flexibility index (Phi) is 6.95. The van der Waals surface area contributed by atoms with Gasteiger partial charge in [0.15, 0.2) is 0 Å². The molecule has 1 aliphatic rings. The lowest BCUT2D eigenvalue weighted by molar-refractivity contribution is -0.384. The maximum atomic E-state index is 13.3. The van der Waals surface area contributed by atoms with Crippen LogP contribution in [0.4, 0.5) is 11.4 Å². The van der Waals surface area contributed by atoms with Crippen molar-refractivity contribution in [3.05, 3.63) is 63.2 Å². The average Bonchev–Trinajstić information content (AvgIpc) is 3.21. The molecule has 0 bridgehead atoms. The number of ether oxygens (including phenoxy) is 2. The number of nitro benzene ring substituents is 1. The first kappa shape index (κ1) is 22.1. The predicted octanol–water partition coefficient (Wildman–Crippen LogP) is 5.11. The molecule has 30 heavy (non-hydrogen) atoms. The second-order valence-corrected chi connectivity index (χ2v) is 7.98. The van der Waals surface area contributed by atoms with E-state index in [1.54, 1.807) is 37.4 Å². The Bertz CT molecular complexity index is 910. The molecule has 0 aromatic heterocycles. The highest BCUT2D eigenvalue weighted by Crippen LogP contribution is 2.42. The first-order valence-corrected chi connectivity index (χ1v) is 10.2. The maximum absolute atomic E-state index is 13.3. The number of carbonyl (C=O) groups excluding carboxylic acids is 1. The number of benzene rings is 2. The number of nitrogens with one attached hydrogen (secondary N) is 1. The van der Waals surface area contributed by atoms with E-state index in [4.69, 9.17) is 21.1 Å². The zero-order chi connectivity index (χ0) is 21.7. The molecule has 2 aromatic carbocycles. The van der Waals surface area contributed by atoms with Crippen LogP contribution in [0.3, 0.4) is 0 Å². The number of methoxy groups -OCH3 is 1. The van der Waals surface area contributed by atoms with Crippen molar-refractivity contribution in [1.82, 2.24) is 0 Å². The van der Waals surface area contributed by atoms with Gasteiger partial charge in [-0.25, -0.2) is 0 Å². The van der Waals surface area contributed by atoms with Gasteiger partial charge in [0.25, 0.3) is 5.69 Å². The summed E-state index contributed by atoms with van der Waals surface area (Å²) in [5, 5.41) is 14.3. The molecule has 1 N–H and O–H groups in total. The Hall–Kier alpha value is -2.64. The van der Waals surface area contributed by atoms with Gasteiger partial charge >= 0.3 is 0 Å². The number of hydrogen-bond acceptors (Lipinski definition) is 5. The summed E-state index contributed by atoms with van der Waals surface area (Å²) >= 11 is 6.33. The van der Waals surface area contributed by atoms with Gasteiger partial charge in [0.2, 0.25) is 5.91 Å². The van der Waals surface area contributed by atoms with Gasteiger partial charge < -0.3 is 14.8 Å². The standard InChI is InChI=1S/C22H25ClN2O5/c1-15(14-29-2)30-20-10-7-17(13-19(20)23)24-21(26)22(11-3-4-12-22)16-5-8-18(9-6-16)25(27)28/h5-10,13,15H,3-4,11-12,14H2,1-2H3,(H,24,26). The third kappa shape index (κ3) is 4.74.